The number of aromatic nitrogens is 2. The smallest absolute Gasteiger partial charge is 0.190 e. The first kappa shape index (κ1) is 10.8. The van der Waals surface area contributed by atoms with Gasteiger partial charge >= 0.3 is 0 Å². The molecule has 0 aliphatic heterocycles. The summed E-state index contributed by atoms with van der Waals surface area (Å²) in [5.41, 5.74) is 0.308. The molecule has 0 saturated carbocycles. The molecule has 0 aliphatic rings. The Labute approximate surface area is 93.2 Å². The summed E-state index contributed by atoms with van der Waals surface area (Å²) in [6, 6.07) is 3.29. The molecule has 0 aliphatic carbocycles. The fourth-order valence-corrected chi connectivity index (χ4v) is 1.70. The number of hydrogen-bond donors (Lipinski definition) is 1. The Balaban J connectivity index is 2.83. The SMILES string of the molecule is CC(C)(CO)n1ccc(=O)c2cnccc21. The zero-order valence-electron chi connectivity index (χ0n) is 9.34. The van der Waals surface area contributed by atoms with Crippen LogP contribution in [0.2, 0.25) is 0 Å². The largest absolute Gasteiger partial charge is 0.394 e. The first-order valence-electron chi connectivity index (χ1n) is 5.13. The van der Waals surface area contributed by atoms with Gasteiger partial charge in [0.1, 0.15) is 0 Å². The summed E-state index contributed by atoms with van der Waals surface area (Å²) < 4.78 is 1.89. The van der Waals surface area contributed by atoms with Crippen LogP contribution < -0.4 is 5.43 Å². The van der Waals surface area contributed by atoms with Gasteiger partial charge in [-0.15, -0.1) is 0 Å². The Hall–Kier alpha value is -1.68. The van der Waals surface area contributed by atoms with Gasteiger partial charge in [0.05, 0.1) is 23.0 Å². The Morgan fingerprint density at radius 1 is 1.44 bits per heavy atom. The standard InChI is InChI=1S/C12H14N2O2/c1-12(2,8-15)14-6-4-11(16)9-7-13-5-3-10(9)14/h3-7,15H,8H2,1-2H3. The molecule has 4 heteroatoms. The van der Waals surface area contributed by atoms with Crippen molar-refractivity contribution in [3.63, 3.8) is 0 Å². The maximum absolute atomic E-state index is 11.6. The second kappa shape index (κ2) is 3.72. The van der Waals surface area contributed by atoms with Gasteiger partial charge in [-0.1, -0.05) is 0 Å². The Kier molecular flexibility index (Phi) is 2.52. The number of aliphatic hydroxyl groups excluding tert-OH is 1. The third kappa shape index (κ3) is 1.61. The van der Waals surface area contributed by atoms with Crippen LogP contribution in [0.1, 0.15) is 13.8 Å². The van der Waals surface area contributed by atoms with Crippen molar-refractivity contribution in [3.05, 3.63) is 40.9 Å². The molecule has 84 valence electrons. The van der Waals surface area contributed by atoms with Gasteiger partial charge in [0, 0.05) is 24.7 Å². The maximum Gasteiger partial charge on any atom is 0.190 e. The summed E-state index contributed by atoms with van der Waals surface area (Å²) in [5, 5.41) is 9.94. The van der Waals surface area contributed by atoms with Gasteiger partial charge in [0.15, 0.2) is 5.43 Å². The van der Waals surface area contributed by atoms with Crippen molar-refractivity contribution in [3.8, 4) is 0 Å². The van der Waals surface area contributed by atoms with Crippen molar-refractivity contribution in [1.82, 2.24) is 9.55 Å². The predicted molar refractivity (Wildman–Crippen MR) is 62.4 cm³/mol. The molecule has 2 rings (SSSR count). The minimum Gasteiger partial charge on any atom is -0.394 e. The molecule has 1 N–H and O–H groups in total. The number of pyridine rings is 2. The summed E-state index contributed by atoms with van der Waals surface area (Å²) in [6.07, 6.45) is 4.91. The van der Waals surface area contributed by atoms with Gasteiger partial charge < -0.3 is 9.67 Å². The van der Waals surface area contributed by atoms with Crippen LogP contribution in [0.15, 0.2) is 35.5 Å². The van der Waals surface area contributed by atoms with Crippen molar-refractivity contribution in [2.24, 2.45) is 0 Å². The number of hydrogen-bond acceptors (Lipinski definition) is 3. The van der Waals surface area contributed by atoms with E-state index in [1.54, 1.807) is 24.7 Å². The van der Waals surface area contributed by atoms with Crippen molar-refractivity contribution >= 4 is 10.9 Å². The van der Waals surface area contributed by atoms with Crippen molar-refractivity contribution < 1.29 is 5.11 Å². The lowest BCUT2D eigenvalue weighted by Crippen LogP contribution is -2.31. The average Bonchev–Trinajstić information content (AvgIpc) is 2.29. The Morgan fingerprint density at radius 3 is 2.88 bits per heavy atom. The van der Waals surface area contributed by atoms with Crippen LogP contribution in [0.25, 0.3) is 10.9 Å². The molecule has 16 heavy (non-hydrogen) atoms. The van der Waals surface area contributed by atoms with E-state index in [4.69, 9.17) is 0 Å². The lowest BCUT2D eigenvalue weighted by atomic mass is 10.1. The molecule has 0 saturated heterocycles. The molecule has 2 aromatic heterocycles. The molecule has 2 aromatic rings. The van der Waals surface area contributed by atoms with Crippen molar-refractivity contribution in [1.29, 1.82) is 0 Å². The van der Waals surface area contributed by atoms with E-state index in [1.807, 2.05) is 18.4 Å². The molecule has 4 nitrogen and oxygen atoms in total. The van der Waals surface area contributed by atoms with Crippen LogP contribution in [-0.2, 0) is 5.54 Å². The van der Waals surface area contributed by atoms with E-state index in [0.29, 0.717) is 5.39 Å². The molecule has 0 spiro atoms. The zero-order valence-corrected chi connectivity index (χ0v) is 9.34. The van der Waals surface area contributed by atoms with Crippen LogP contribution in [-0.4, -0.2) is 21.3 Å². The summed E-state index contributed by atoms with van der Waals surface area (Å²) in [4.78, 5) is 15.6. The zero-order chi connectivity index (χ0) is 11.8. The molecule has 0 atom stereocenters. The van der Waals surface area contributed by atoms with Crippen molar-refractivity contribution in [2.45, 2.75) is 19.4 Å². The molecule has 0 unspecified atom stereocenters. The van der Waals surface area contributed by atoms with Crippen LogP contribution in [0.4, 0.5) is 0 Å². The highest BCUT2D eigenvalue weighted by Gasteiger charge is 2.19. The summed E-state index contributed by atoms with van der Waals surface area (Å²) in [6.45, 7) is 3.84. The van der Waals surface area contributed by atoms with Crippen LogP contribution >= 0.6 is 0 Å². The van der Waals surface area contributed by atoms with Gasteiger partial charge in [0.2, 0.25) is 0 Å². The fraction of sp³-hybridized carbons (Fsp3) is 0.333. The highest BCUT2D eigenvalue weighted by atomic mass is 16.3. The maximum atomic E-state index is 11.6. The van der Waals surface area contributed by atoms with Crippen LogP contribution in [0.3, 0.4) is 0 Å². The molecular formula is C12H14N2O2. The highest BCUT2D eigenvalue weighted by Crippen LogP contribution is 2.19. The molecule has 0 aromatic carbocycles. The van der Waals surface area contributed by atoms with Crippen LogP contribution in [0, 0.1) is 0 Å². The summed E-state index contributed by atoms with van der Waals surface area (Å²) >= 11 is 0. The Bertz CT molecular complexity index is 572. The van der Waals surface area contributed by atoms with E-state index in [2.05, 4.69) is 4.98 Å². The van der Waals surface area contributed by atoms with Gasteiger partial charge in [-0.25, -0.2) is 0 Å². The fourth-order valence-electron chi connectivity index (χ4n) is 1.70. The summed E-state index contributed by atoms with van der Waals surface area (Å²) in [5.74, 6) is 0. The number of nitrogens with zero attached hydrogens (tertiary/aromatic N) is 2. The minimum atomic E-state index is -0.437. The quantitative estimate of drug-likeness (QED) is 0.822. The van der Waals surface area contributed by atoms with E-state index >= 15 is 0 Å². The van der Waals surface area contributed by atoms with E-state index in [1.165, 1.54) is 6.07 Å². The second-order valence-corrected chi connectivity index (χ2v) is 4.41. The lowest BCUT2D eigenvalue weighted by molar-refractivity contribution is 0.168. The van der Waals surface area contributed by atoms with E-state index in [-0.39, 0.29) is 12.0 Å². The third-order valence-electron chi connectivity index (χ3n) is 2.74. The third-order valence-corrected chi connectivity index (χ3v) is 2.74. The Morgan fingerprint density at radius 2 is 2.19 bits per heavy atom. The van der Waals surface area contributed by atoms with Gasteiger partial charge in [-0.2, -0.15) is 0 Å². The van der Waals surface area contributed by atoms with E-state index < -0.39 is 5.54 Å². The average molecular weight is 218 g/mol. The van der Waals surface area contributed by atoms with Gasteiger partial charge in [-0.05, 0) is 19.9 Å². The highest BCUT2D eigenvalue weighted by molar-refractivity contribution is 5.77. The van der Waals surface area contributed by atoms with E-state index in [9.17, 15) is 9.90 Å². The molecule has 0 bridgehead atoms. The lowest BCUT2D eigenvalue weighted by Gasteiger charge is -2.27. The molecular weight excluding hydrogens is 204 g/mol. The molecule has 0 amide bonds. The predicted octanol–water partition coefficient (Wildman–Crippen LogP) is 1.12. The molecule has 0 fully saturated rings. The second-order valence-electron chi connectivity index (χ2n) is 4.41. The molecule has 2 heterocycles. The number of fused-ring (bicyclic) bond motifs is 1. The number of rotatable bonds is 2. The summed E-state index contributed by atoms with van der Waals surface area (Å²) in [7, 11) is 0. The number of aliphatic hydroxyl groups is 1. The monoisotopic (exact) mass is 218 g/mol. The van der Waals surface area contributed by atoms with Crippen molar-refractivity contribution in [2.75, 3.05) is 6.61 Å². The normalized spacial score (nSPS) is 11.9. The van der Waals surface area contributed by atoms with Crippen LogP contribution in [0.5, 0.6) is 0 Å². The van der Waals surface area contributed by atoms with Gasteiger partial charge in [-0.3, -0.25) is 9.78 Å². The first-order chi connectivity index (χ1) is 7.56. The van der Waals surface area contributed by atoms with E-state index in [0.717, 1.165) is 5.52 Å². The topological polar surface area (TPSA) is 55.1 Å². The minimum absolute atomic E-state index is 0.00724. The van der Waals surface area contributed by atoms with Gasteiger partial charge in [0.25, 0.3) is 0 Å². The molecule has 0 radical (unpaired) electrons. The first-order valence-corrected chi connectivity index (χ1v) is 5.13.